The topological polar surface area (TPSA) is 127 Å². The van der Waals surface area contributed by atoms with E-state index in [9.17, 15) is 27.6 Å². The van der Waals surface area contributed by atoms with E-state index in [1.165, 1.54) is 22.5 Å². The molecule has 2 aromatic rings. The highest BCUT2D eigenvalue weighted by Gasteiger charge is 2.31. The number of nitrogens with zero attached hydrogens (tertiary/aromatic N) is 1. The Hall–Kier alpha value is -3.37. The number of ketones is 2. The predicted octanol–water partition coefficient (Wildman–Crippen LogP) is 1.62. The van der Waals surface area contributed by atoms with Gasteiger partial charge in [0.25, 0.3) is 5.91 Å². The van der Waals surface area contributed by atoms with E-state index in [1.807, 2.05) is 0 Å². The average molecular weight is 471 g/mol. The molecule has 10 heteroatoms. The Labute approximate surface area is 190 Å². The third-order valence-corrected chi connectivity index (χ3v) is 7.11. The number of anilines is 1. The Morgan fingerprint density at radius 2 is 1.55 bits per heavy atom. The van der Waals surface area contributed by atoms with Gasteiger partial charge in [0.2, 0.25) is 10.0 Å². The SMILES string of the molecule is CS(=O)(=O)N1CCC(C(=O)OCC(=O)Nc2ccc3c(c2)C(=O)c2ccccc2C3=O)CC1. The molecule has 33 heavy (non-hydrogen) atoms. The molecule has 0 spiro atoms. The Bertz CT molecular complexity index is 1260. The van der Waals surface area contributed by atoms with Crippen molar-refractivity contribution in [3.05, 3.63) is 64.7 Å². The first kappa shape index (κ1) is 22.8. The van der Waals surface area contributed by atoms with Crippen LogP contribution in [0.4, 0.5) is 5.69 Å². The Balaban J connectivity index is 1.35. The van der Waals surface area contributed by atoms with Crippen molar-refractivity contribution in [3.63, 3.8) is 0 Å². The van der Waals surface area contributed by atoms with Crippen molar-refractivity contribution in [3.8, 4) is 0 Å². The van der Waals surface area contributed by atoms with Crippen LogP contribution in [0.2, 0.25) is 0 Å². The number of sulfonamides is 1. The van der Waals surface area contributed by atoms with E-state index in [2.05, 4.69) is 5.32 Å². The molecule has 172 valence electrons. The van der Waals surface area contributed by atoms with Gasteiger partial charge in [-0.25, -0.2) is 12.7 Å². The number of ether oxygens (including phenoxy) is 1. The minimum absolute atomic E-state index is 0.200. The van der Waals surface area contributed by atoms with Crippen molar-refractivity contribution in [2.24, 2.45) is 5.92 Å². The van der Waals surface area contributed by atoms with Crippen molar-refractivity contribution < 1.29 is 32.3 Å². The maximum Gasteiger partial charge on any atom is 0.309 e. The largest absolute Gasteiger partial charge is 0.455 e. The van der Waals surface area contributed by atoms with Crippen molar-refractivity contribution >= 4 is 39.2 Å². The Morgan fingerprint density at radius 3 is 2.15 bits per heavy atom. The quantitative estimate of drug-likeness (QED) is 0.561. The van der Waals surface area contributed by atoms with Crippen LogP contribution in [0, 0.1) is 5.92 Å². The minimum Gasteiger partial charge on any atom is -0.455 e. The van der Waals surface area contributed by atoms with E-state index in [0.29, 0.717) is 29.7 Å². The smallest absolute Gasteiger partial charge is 0.309 e. The van der Waals surface area contributed by atoms with Gasteiger partial charge in [-0.05, 0) is 31.0 Å². The summed E-state index contributed by atoms with van der Waals surface area (Å²) >= 11 is 0. The van der Waals surface area contributed by atoms with Crippen molar-refractivity contribution in [1.82, 2.24) is 4.31 Å². The highest BCUT2D eigenvalue weighted by atomic mass is 32.2. The lowest BCUT2D eigenvalue weighted by molar-refractivity contribution is -0.152. The van der Waals surface area contributed by atoms with Gasteiger partial charge in [0, 0.05) is 41.0 Å². The van der Waals surface area contributed by atoms with E-state index >= 15 is 0 Å². The van der Waals surface area contributed by atoms with Gasteiger partial charge in [0.05, 0.1) is 12.2 Å². The highest BCUT2D eigenvalue weighted by molar-refractivity contribution is 7.88. The van der Waals surface area contributed by atoms with Crippen LogP contribution in [0.3, 0.4) is 0 Å². The molecular weight excluding hydrogens is 448 g/mol. The van der Waals surface area contributed by atoms with Gasteiger partial charge in [-0.2, -0.15) is 0 Å². The number of rotatable bonds is 5. The van der Waals surface area contributed by atoms with Crippen LogP contribution in [-0.2, 0) is 24.3 Å². The molecule has 1 fully saturated rings. The van der Waals surface area contributed by atoms with E-state index in [-0.39, 0.29) is 35.8 Å². The van der Waals surface area contributed by atoms with Gasteiger partial charge >= 0.3 is 5.97 Å². The molecule has 0 radical (unpaired) electrons. The summed E-state index contributed by atoms with van der Waals surface area (Å²) < 4.78 is 29.5. The zero-order valence-corrected chi connectivity index (χ0v) is 18.7. The summed E-state index contributed by atoms with van der Waals surface area (Å²) in [5.74, 6) is -2.17. The summed E-state index contributed by atoms with van der Waals surface area (Å²) in [6, 6.07) is 11.0. The maximum absolute atomic E-state index is 12.8. The molecule has 0 aromatic heterocycles. The number of esters is 1. The maximum atomic E-state index is 12.8. The second-order valence-electron chi connectivity index (χ2n) is 8.06. The van der Waals surface area contributed by atoms with E-state index in [4.69, 9.17) is 4.74 Å². The molecule has 9 nitrogen and oxygen atoms in total. The fourth-order valence-electron chi connectivity index (χ4n) is 4.05. The number of carbonyl (C=O) groups excluding carboxylic acids is 4. The Kier molecular flexibility index (Phi) is 6.13. The lowest BCUT2D eigenvalue weighted by Crippen LogP contribution is -2.40. The summed E-state index contributed by atoms with van der Waals surface area (Å²) in [5.41, 5.74) is 1.43. The molecule has 1 N–H and O–H groups in total. The molecule has 1 heterocycles. The molecule has 2 aliphatic rings. The van der Waals surface area contributed by atoms with Crippen molar-refractivity contribution in [2.75, 3.05) is 31.3 Å². The molecule has 0 bridgehead atoms. The van der Waals surface area contributed by atoms with Gasteiger partial charge in [0.15, 0.2) is 18.2 Å². The lowest BCUT2D eigenvalue weighted by Gasteiger charge is -2.28. The third kappa shape index (κ3) is 4.71. The average Bonchev–Trinajstić information content (AvgIpc) is 2.80. The van der Waals surface area contributed by atoms with E-state index < -0.39 is 34.4 Å². The van der Waals surface area contributed by atoms with Gasteiger partial charge < -0.3 is 10.1 Å². The van der Waals surface area contributed by atoms with Gasteiger partial charge in [-0.1, -0.05) is 24.3 Å². The van der Waals surface area contributed by atoms with E-state index in [1.54, 1.807) is 24.3 Å². The molecule has 1 aliphatic carbocycles. The predicted molar refractivity (Wildman–Crippen MR) is 118 cm³/mol. The van der Waals surface area contributed by atoms with Crippen molar-refractivity contribution in [2.45, 2.75) is 12.8 Å². The number of piperidine rings is 1. The second-order valence-corrected chi connectivity index (χ2v) is 10.0. The standard InChI is InChI=1S/C23H22N2O7S/c1-33(30,31)25-10-8-14(9-11-25)23(29)32-13-20(26)24-15-6-7-18-19(12-15)22(28)17-5-3-2-4-16(17)21(18)27/h2-7,12,14H,8-11,13H2,1H3,(H,24,26). The number of hydrogen-bond donors (Lipinski definition) is 1. The first-order valence-electron chi connectivity index (χ1n) is 10.4. The molecule has 0 saturated carbocycles. The fraction of sp³-hybridized carbons (Fsp3) is 0.304. The number of amides is 1. The summed E-state index contributed by atoms with van der Waals surface area (Å²) in [6.45, 7) is -0.0521. The van der Waals surface area contributed by atoms with Crippen LogP contribution in [0.5, 0.6) is 0 Å². The zero-order valence-electron chi connectivity index (χ0n) is 17.9. The molecule has 1 amide bonds. The second kappa shape index (κ2) is 8.87. The molecule has 4 rings (SSSR count). The van der Waals surface area contributed by atoms with Gasteiger partial charge in [0.1, 0.15) is 0 Å². The van der Waals surface area contributed by atoms with Gasteiger partial charge in [-0.3, -0.25) is 19.2 Å². The lowest BCUT2D eigenvalue weighted by atomic mass is 9.84. The first-order chi connectivity index (χ1) is 15.6. The number of carbonyl (C=O) groups is 4. The van der Waals surface area contributed by atoms with E-state index in [0.717, 1.165) is 6.26 Å². The summed E-state index contributed by atoms with van der Waals surface area (Å²) in [5, 5.41) is 2.57. The molecule has 0 unspecified atom stereocenters. The monoisotopic (exact) mass is 470 g/mol. The summed E-state index contributed by atoms with van der Waals surface area (Å²) in [4.78, 5) is 50.0. The Morgan fingerprint density at radius 1 is 0.970 bits per heavy atom. The zero-order chi connectivity index (χ0) is 23.8. The van der Waals surface area contributed by atoms with Gasteiger partial charge in [-0.15, -0.1) is 0 Å². The number of nitrogens with one attached hydrogen (secondary N) is 1. The number of benzene rings is 2. The fourth-order valence-corrected chi connectivity index (χ4v) is 4.93. The molecule has 2 aromatic carbocycles. The summed E-state index contributed by atoms with van der Waals surface area (Å²) in [7, 11) is -3.29. The van der Waals surface area contributed by atoms with Crippen LogP contribution in [-0.4, -0.2) is 62.1 Å². The summed E-state index contributed by atoms with van der Waals surface area (Å²) in [6.07, 6.45) is 1.78. The first-order valence-corrected chi connectivity index (χ1v) is 12.2. The molecule has 1 aliphatic heterocycles. The van der Waals surface area contributed by atoms with Crippen molar-refractivity contribution in [1.29, 1.82) is 0 Å². The third-order valence-electron chi connectivity index (χ3n) is 5.81. The van der Waals surface area contributed by atoms with Crippen LogP contribution in [0.1, 0.15) is 44.7 Å². The van der Waals surface area contributed by atoms with Crippen LogP contribution < -0.4 is 5.32 Å². The van der Waals surface area contributed by atoms with Crippen LogP contribution in [0.25, 0.3) is 0 Å². The highest BCUT2D eigenvalue weighted by Crippen LogP contribution is 2.29. The van der Waals surface area contributed by atoms with Crippen LogP contribution in [0.15, 0.2) is 42.5 Å². The number of fused-ring (bicyclic) bond motifs is 2. The minimum atomic E-state index is -3.29. The molecular formula is C23H22N2O7S. The number of hydrogen-bond acceptors (Lipinski definition) is 7. The van der Waals surface area contributed by atoms with Crippen LogP contribution >= 0.6 is 0 Å². The normalized spacial score (nSPS) is 16.6. The molecule has 1 saturated heterocycles. The molecule has 0 atom stereocenters.